The molecular weight excluding hydrogens is 220 g/mol. The molecule has 0 N–H and O–H groups in total. The van der Waals surface area contributed by atoms with Gasteiger partial charge >= 0.3 is 0 Å². The van der Waals surface area contributed by atoms with Crippen molar-refractivity contribution in [2.45, 2.75) is 58.3 Å². The van der Waals surface area contributed by atoms with Gasteiger partial charge in [0.1, 0.15) is 5.75 Å². The zero-order valence-corrected chi connectivity index (χ0v) is 11.8. The van der Waals surface area contributed by atoms with Gasteiger partial charge in [-0.05, 0) is 48.8 Å². The largest absolute Gasteiger partial charge is 0.493 e. The third kappa shape index (κ3) is 3.76. The third-order valence-corrected chi connectivity index (χ3v) is 4.25. The Bertz CT molecular complexity index is 352. The molecule has 0 bridgehead atoms. The first-order valence-corrected chi connectivity index (χ1v) is 7.52. The molecule has 0 spiro atoms. The molecule has 2 rings (SSSR count). The van der Waals surface area contributed by atoms with Gasteiger partial charge in [-0.25, -0.2) is 0 Å². The first-order chi connectivity index (χ1) is 8.79. The van der Waals surface area contributed by atoms with Crippen LogP contribution in [0, 0.1) is 5.92 Å². The minimum absolute atomic E-state index is 0.628. The number of benzene rings is 1. The van der Waals surface area contributed by atoms with E-state index in [0.29, 0.717) is 5.92 Å². The Morgan fingerprint density at radius 1 is 1.22 bits per heavy atom. The van der Waals surface area contributed by atoms with E-state index in [-0.39, 0.29) is 0 Å². The fourth-order valence-electron chi connectivity index (χ4n) is 2.71. The van der Waals surface area contributed by atoms with Crippen LogP contribution < -0.4 is 4.74 Å². The molecule has 1 fully saturated rings. The number of rotatable bonds is 5. The van der Waals surface area contributed by atoms with Crippen molar-refractivity contribution in [3.63, 3.8) is 0 Å². The highest BCUT2D eigenvalue weighted by atomic mass is 16.5. The SMILES string of the molecule is CCC(C)c1cccc(OCC2CCCCC2)c1. The summed E-state index contributed by atoms with van der Waals surface area (Å²) in [5.74, 6) is 2.47. The van der Waals surface area contributed by atoms with Gasteiger partial charge in [-0.2, -0.15) is 0 Å². The lowest BCUT2D eigenvalue weighted by Crippen LogP contribution is -2.15. The Morgan fingerprint density at radius 2 is 2.00 bits per heavy atom. The Morgan fingerprint density at radius 3 is 2.72 bits per heavy atom. The van der Waals surface area contributed by atoms with Gasteiger partial charge in [-0.15, -0.1) is 0 Å². The van der Waals surface area contributed by atoms with Crippen molar-refractivity contribution in [1.82, 2.24) is 0 Å². The van der Waals surface area contributed by atoms with Crippen LogP contribution in [0.2, 0.25) is 0 Å². The van der Waals surface area contributed by atoms with Crippen LogP contribution in [-0.4, -0.2) is 6.61 Å². The van der Waals surface area contributed by atoms with Gasteiger partial charge < -0.3 is 4.74 Å². The zero-order chi connectivity index (χ0) is 12.8. The van der Waals surface area contributed by atoms with Crippen molar-refractivity contribution in [1.29, 1.82) is 0 Å². The Hall–Kier alpha value is -0.980. The number of ether oxygens (including phenoxy) is 1. The lowest BCUT2D eigenvalue weighted by molar-refractivity contribution is 0.208. The van der Waals surface area contributed by atoms with Crippen molar-refractivity contribution in [2.75, 3.05) is 6.61 Å². The van der Waals surface area contributed by atoms with Gasteiger partial charge in [0.05, 0.1) is 6.61 Å². The number of hydrogen-bond donors (Lipinski definition) is 0. The molecule has 0 amide bonds. The summed E-state index contributed by atoms with van der Waals surface area (Å²) in [5, 5.41) is 0. The van der Waals surface area contributed by atoms with Crippen LogP contribution in [0.4, 0.5) is 0 Å². The van der Waals surface area contributed by atoms with Crippen molar-refractivity contribution < 1.29 is 4.74 Å². The normalized spacial score (nSPS) is 18.6. The maximum atomic E-state index is 5.98. The van der Waals surface area contributed by atoms with Crippen molar-refractivity contribution in [3.05, 3.63) is 29.8 Å². The Labute approximate surface area is 112 Å². The van der Waals surface area contributed by atoms with E-state index < -0.39 is 0 Å². The predicted molar refractivity (Wildman–Crippen MR) is 77.2 cm³/mol. The van der Waals surface area contributed by atoms with Crippen LogP contribution in [0.15, 0.2) is 24.3 Å². The minimum Gasteiger partial charge on any atom is -0.493 e. The van der Waals surface area contributed by atoms with E-state index in [4.69, 9.17) is 4.74 Å². The second-order valence-corrected chi connectivity index (χ2v) is 5.70. The molecule has 100 valence electrons. The topological polar surface area (TPSA) is 9.23 Å². The van der Waals surface area contributed by atoms with Crippen LogP contribution in [0.1, 0.15) is 63.9 Å². The molecule has 0 aliphatic heterocycles. The molecule has 1 atom stereocenters. The van der Waals surface area contributed by atoms with Crippen LogP contribution in [-0.2, 0) is 0 Å². The molecule has 1 aliphatic carbocycles. The Balaban J connectivity index is 1.88. The second kappa shape index (κ2) is 6.82. The average Bonchev–Trinajstić information content (AvgIpc) is 2.45. The quantitative estimate of drug-likeness (QED) is 0.697. The van der Waals surface area contributed by atoms with Gasteiger partial charge in [0, 0.05) is 0 Å². The van der Waals surface area contributed by atoms with Gasteiger partial charge in [0.15, 0.2) is 0 Å². The van der Waals surface area contributed by atoms with E-state index in [1.54, 1.807) is 0 Å². The molecular formula is C17H26O. The van der Waals surface area contributed by atoms with Crippen LogP contribution in [0.3, 0.4) is 0 Å². The molecule has 1 nitrogen and oxygen atoms in total. The van der Waals surface area contributed by atoms with E-state index in [9.17, 15) is 0 Å². The molecule has 1 aromatic carbocycles. The third-order valence-electron chi connectivity index (χ3n) is 4.25. The zero-order valence-electron chi connectivity index (χ0n) is 11.8. The lowest BCUT2D eigenvalue weighted by atomic mass is 9.90. The minimum atomic E-state index is 0.628. The summed E-state index contributed by atoms with van der Waals surface area (Å²) in [4.78, 5) is 0. The fourth-order valence-corrected chi connectivity index (χ4v) is 2.71. The van der Waals surface area contributed by atoms with Crippen LogP contribution in [0.5, 0.6) is 5.75 Å². The lowest BCUT2D eigenvalue weighted by Gasteiger charge is -2.22. The molecule has 1 aliphatic rings. The molecule has 0 aromatic heterocycles. The molecule has 1 saturated carbocycles. The molecule has 18 heavy (non-hydrogen) atoms. The van der Waals surface area contributed by atoms with Gasteiger partial charge in [0.25, 0.3) is 0 Å². The molecule has 1 aromatic rings. The summed E-state index contributed by atoms with van der Waals surface area (Å²) in [6.07, 6.45) is 8.09. The summed E-state index contributed by atoms with van der Waals surface area (Å²) >= 11 is 0. The predicted octanol–water partition coefficient (Wildman–Crippen LogP) is 5.16. The summed E-state index contributed by atoms with van der Waals surface area (Å²) in [7, 11) is 0. The van der Waals surface area contributed by atoms with E-state index in [2.05, 4.69) is 38.1 Å². The number of hydrogen-bond acceptors (Lipinski definition) is 1. The summed E-state index contributed by atoms with van der Waals surface area (Å²) in [6, 6.07) is 8.64. The summed E-state index contributed by atoms with van der Waals surface area (Å²) < 4.78 is 5.98. The first kappa shape index (κ1) is 13.5. The van der Waals surface area contributed by atoms with E-state index in [0.717, 1.165) is 18.3 Å². The monoisotopic (exact) mass is 246 g/mol. The highest BCUT2D eigenvalue weighted by Gasteiger charge is 2.14. The van der Waals surface area contributed by atoms with E-state index in [1.165, 1.54) is 44.1 Å². The highest BCUT2D eigenvalue weighted by Crippen LogP contribution is 2.26. The molecule has 0 radical (unpaired) electrons. The maximum Gasteiger partial charge on any atom is 0.119 e. The molecule has 0 heterocycles. The van der Waals surface area contributed by atoms with Crippen molar-refractivity contribution >= 4 is 0 Å². The van der Waals surface area contributed by atoms with Gasteiger partial charge in [-0.1, -0.05) is 45.2 Å². The fraction of sp³-hybridized carbons (Fsp3) is 0.647. The smallest absolute Gasteiger partial charge is 0.119 e. The van der Waals surface area contributed by atoms with E-state index >= 15 is 0 Å². The Kier molecular flexibility index (Phi) is 5.10. The standard InChI is InChI=1S/C17H26O/c1-3-14(2)16-10-7-11-17(12-16)18-13-15-8-5-4-6-9-15/h7,10-12,14-15H,3-6,8-9,13H2,1-2H3. The van der Waals surface area contributed by atoms with Crippen molar-refractivity contribution in [3.8, 4) is 5.75 Å². The highest BCUT2D eigenvalue weighted by molar-refractivity contribution is 5.30. The van der Waals surface area contributed by atoms with Crippen molar-refractivity contribution in [2.24, 2.45) is 5.92 Å². The summed E-state index contributed by atoms with van der Waals surface area (Å²) in [5.41, 5.74) is 1.40. The van der Waals surface area contributed by atoms with Crippen LogP contribution in [0.25, 0.3) is 0 Å². The van der Waals surface area contributed by atoms with Crippen LogP contribution >= 0.6 is 0 Å². The summed E-state index contributed by atoms with van der Waals surface area (Å²) in [6.45, 7) is 5.42. The average molecular weight is 246 g/mol. The maximum absolute atomic E-state index is 5.98. The first-order valence-electron chi connectivity index (χ1n) is 7.52. The van der Waals surface area contributed by atoms with Gasteiger partial charge in [-0.3, -0.25) is 0 Å². The second-order valence-electron chi connectivity index (χ2n) is 5.70. The van der Waals surface area contributed by atoms with Gasteiger partial charge in [0.2, 0.25) is 0 Å². The molecule has 0 saturated heterocycles. The van der Waals surface area contributed by atoms with E-state index in [1.807, 2.05) is 0 Å². The molecule has 1 unspecified atom stereocenters. The molecule has 1 heteroatoms.